The van der Waals surface area contributed by atoms with Crippen LogP contribution in [-0.2, 0) is 4.79 Å². The topological polar surface area (TPSA) is 75.0 Å². The average Bonchev–Trinajstić information content (AvgIpc) is 2.74. The van der Waals surface area contributed by atoms with Gasteiger partial charge in [0.1, 0.15) is 23.3 Å². The van der Waals surface area contributed by atoms with E-state index < -0.39 is 11.6 Å². The lowest BCUT2D eigenvalue weighted by atomic mass is 10.1. The number of carbonyl (C=O) groups is 1. The molecule has 33 heavy (non-hydrogen) atoms. The Morgan fingerprint density at radius 3 is 2.48 bits per heavy atom. The zero-order valence-corrected chi connectivity index (χ0v) is 20.2. The molecule has 178 valence electrons. The minimum absolute atomic E-state index is 0.0325. The highest BCUT2D eigenvalue weighted by molar-refractivity contribution is 5.93. The number of hydrogen-bond acceptors (Lipinski definition) is 6. The highest BCUT2D eigenvalue weighted by Crippen LogP contribution is 2.39. The summed E-state index contributed by atoms with van der Waals surface area (Å²) in [6, 6.07) is 4.91. The van der Waals surface area contributed by atoms with Crippen LogP contribution < -0.4 is 19.8 Å². The van der Waals surface area contributed by atoms with Gasteiger partial charge in [-0.15, -0.1) is 0 Å². The van der Waals surface area contributed by atoms with E-state index in [1.807, 2.05) is 25.2 Å². The summed E-state index contributed by atoms with van der Waals surface area (Å²) in [5.74, 6) is -0.0439. The van der Waals surface area contributed by atoms with Gasteiger partial charge < -0.3 is 18.6 Å². The van der Waals surface area contributed by atoms with E-state index >= 15 is 0 Å². The molecule has 6 nitrogen and oxygen atoms in total. The summed E-state index contributed by atoms with van der Waals surface area (Å²) < 4.78 is 22.6. The van der Waals surface area contributed by atoms with Crippen molar-refractivity contribution >= 4 is 16.9 Å². The molecule has 0 aliphatic carbocycles. The minimum atomic E-state index is -0.642. The maximum Gasteiger partial charge on any atom is 0.383 e. The van der Waals surface area contributed by atoms with Crippen LogP contribution in [0.5, 0.6) is 17.2 Å². The standard InChI is InChI=1S/C27H34O6/c1-6-7-8-9-17-30-25-24-22(32-21(5)28)14-11-15-23(24)33-27(29)26(25)31-18-16-20(4)13-10-12-19(2)3/h7-8,11-12,14-16H,6,9-10,13,17-18H2,1-5H3. The average molecular weight is 455 g/mol. The molecule has 0 unspecified atom stereocenters. The van der Waals surface area contributed by atoms with Crippen molar-refractivity contribution < 1.29 is 23.4 Å². The van der Waals surface area contributed by atoms with Crippen molar-refractivity contribution in [1.82, 2.24) is 0 Å². The maximum atomic E-state index is 12.7. The first-order valence-corrected chi connectivity index (χ1v) is 11.3. The lowest BCUT2D eigenvalue weighted by Gasteiger charge is -2.15. The zero-order chi connectivity index (χ0) is 24.2. The van der Waals surface area contributed by atoms with Gasteiger partial charge in [0.2, 0.25) is 5.75 Å². The molecule has 2 aromatic rings. The van der Waals surface area contributed by atoms with E-state index in [0.717, 1.165) is 24.8 Å². The summed E-state index contributed by atoms with van der Waals surface area (Å²) in [6.45, 7) is 10.1. The molecule has 2 rings (SSSR count). The SMILES string of the molecule is CCC=CCCOc1c(OCC=C(C)CCC=C(C)C)c(=O)oc2cccc(OC(C)=O)c12. The van der Waals surface area contributed by atoms with E-state index in [2.05, 4.69) is 26.8 Å². The Kier molecular flexibility index (Phi) is 10.5. The minimum Gasteiger partial charge on any atom is -0.488 e. The zero-order valence-electron chi connectivity index (χ0n) is 20.2. The van der Waals surface area contributed by atoms with Gasteiger partial charge in [-0.25, -0.2) is 4.79 Å². The second kappa shape index (κ2) is 13.3. The molecular weight excluding hydrogens is 420 g/mol. The molecule has 6 heteroatoms. The van der Waals surface area contributed by atoms with Crippen LogP contribution in [0.4, 0.5) is 0 Å². The summed E-state index contributed by atoms with van der Waals surface area (Å²) in [4.78, 5) is 24.3. The van der Waals surface area contributed by atoms with Gasteiger partial charge in [0.05, 0.1) is 6.61 Å². The normalized spacial score (nSPS) is 11.6. The van der Waals surface area contributed by atoms with Crippen LogP contribution >= 0.6 is 0 Å². The highest BCUT2D eigenvalue weighted by atomic mass is 16.5. The van der Waals surface area contributed by atoms with Gasteiger partial charge >= 0.3 is 11.6 Å². The van der Waals surface area contributed by atoms with E-state index in [0.29, 0.717) is 18.4 Å². The van der Waals surface area contributed by atoms with Gasteiger partial charge in [0.15, 0.2) is 5.75 Å². The largest absolute Gasteiger partial charge is 0.488 e. The molecule has 1 aromatic heterocycles. The molecule has 0 aliphatic heterocycles. The molecule has 0 amide bonds. The van der Waals surface area contributed by atoms with Gasteiger partial charge in [-0.3, -0.25) is 4.79 Å². The van der Waals surface area contributed by atoms with Gasteiger partial charge in [-0.2, -0.15) is 0 Å². The van der Waals surface area contributed by atoms with Crippen molar-refractivity contribution in [2.75, 3.05) is 13.2 Å². The smallest absolute Gasteiger partial charge is 0.383 e. The first-order chi connectivity index (χ1) is 15.8. The van der Waals surface area contributed by atoms with Crippen molar-refractivity contribution in [2.45, 2.75) is 60.3 Å². The van der Waals surface area contributed by atoms with E-state index in [1.165, 1.54) is 12.5 Å². The fourth-order valence-corrected chi connectivity index (χ4v) is 3.15. The van der Waals surface area contributed by atoms with Crippen LogP contribution in [0.15, 0.2) is 62.9 Å². The number of carbonyl (C=O) groups excluding carboxylic acids is 1. The van der Waals surface area contributed by atoms with Crippen molar-refractivity contribution in [3.63, 3.8) is 0 Å². The fraction of sp³-hybridized carbons (Fsp3) is 0.407. The molecule has 0 atom stereocenters. The lowest BCUT2D eigenvalue weighted by molar-refractivity contribution is -0.131. The Morgan fingerprint density at radius 1 is 1.00 bits per heavy atom. The molecule has 0 saturated carbocycles. The van der Waals surface area contributed by atoms with E-state index in [4.69, 9.17) is 18.6 Å². The van der Waals surface area contributed by atoms with Crippen LogP contribution in [0.2, 0.25) is 0 Å². The third-order valence-electron chi connectivity index (χ3n) is 4.75. The molecule has 1 aromatic carbocycles. The summed E-state index contributed by atoms with van der Waals surface area (Å²) in [5, 5.41) is 0.394. The first kappa shape index (κ1) is 26.0. The molecule has 0 radical (unpaired) electrons. The molecule has 0 N–H and O–H groups in total. The number of rotatable bonds is 12. The summed E-state index contributed by atoms with van der Waals surface area (Å²) in [7, 11) is 0. The molecule has 0 aliphatic rings. The fourth-order valence-electron chi connectivity index (χ4n) is 3.15. The van der Waals surface area contributed by atoms with Crippen LogP contribution in [0.25, 0.3) is 11.0 Å². The van der Waals surface area contributed by atoms with Crippen molar-refractivity contribution in [2.24, 2.45) is 0 Å². The second-order valence-corrected chi connectivity index (χ2v) is 7.97. The van der Waals surface area contributed by atoms with Gasteiger partial charge in [0, 0.05) is 6.92 Å². The molecule has 1 heterocycles. The van der Waals surface area contributed by atoms with Crippen LogP contribution in [0, 0.1) is 0 Å². The number of ether oxygens (including phenoxy) is 3. The van der Waals surface area contributed by atoms with Crippen LogP contribution in [-0.4, -0.2) is 19.2 Å². The predicted octanol–water partition coefficient (Wildman–Crippen LogP) is 6.52. The van der Waals surface area contributed by atoms with Crippen molar-refractivity contribution in [1.29, 1.82) is 0 Å². The second-order valence-electron chi connectivity index (χ2n) is 7.97. The molecule has 0 bridgehead atoms. The summed E-state index contributed by atoms with van der Waals surface area (Å²) >= 11 is 0. The molecular formula is C27H34O6. The predicted molar refractivity (Wildman–Crippen MR) is 131 cm³/mol. The van der Waals surface area contributed by atoms with Gasteiger partial charge in [0.25, 0.3) is 0 Å². The van der Waals surface area contributed by atoms with Crippen molar-refractivity contribution in [3.8, 4) is 17.2 Å². The lowest BCUT2D eigenvalue weighted by Crippen LogP contribution is -2.12. The van der Waals surface area contributed by atoms with Gasteiger partial charge in [-0.1, -0.05) is 42.4 Å². The van der Waals surface area contributed by atoms with E-state index in [-0.39, 0.29) is 29.4 Å². The van der Waals surface area contributed by atoms with Crippen LogP contribution in [0.1, 0.15) is 60.3 Å². The Morgan fingerprint density at radius 2 is 1.79 bits per heavy atom. The number of benzene rings is 1. The molecule has 0 fully saturated rings. The Labute approximate surface area is 195 Å². The Balaban J connectivity index is 2.37. The summed E-state index contributed by atoms with van der Waals surface area (Å²) in [5.41, 5.74) is 2.06. The molecule has 0 saturated heterocycles. The Bertz CT molecular complexity index is 1080. The molecule has 0 spiro atoms. The summed E-state index contributed by atoms with van der Waals surface area (Å²) in [6.07, 6.45) is 11.6. The first-order valence-electron chi connectivity index (χ1n) is 11.3. The van der Waals surface area contributed by atoms with Gasteiger partial charge in [-0.05, 0) is 64.7 Å². The third kappa shape index (κ3) is 8.29. The number of hydrogen-bond donors (Lipinski definition) is 0. The Hall–Kier alpha value is -3.28. The van der Waals surface area contributed by atoms with Crippen LogP contribution in [0.3, 0.4) is 0 Å². The van der Waals surface area contributed by atoms with E-state index in [1.54, 1.807) is 18.2 Å². The third-order valence-corrected chi connectivity index (χ3v) is 4.75. The maximum absolute atomic E-state index is 12.7. The number of allylic oxidation sites excluding steroid dienone is 4. The van der Waals surface area contributed by atoms with E-state index in [9.17, 15) is 9.59 Å². The quantitative estimate of drug-likeness (QED) is 0.119. The monoisotopic (exact) mass is 454 g/mol. The highest BCUT2D eigenvalue weighted by Gasteiger charge is 2.21. The number of esters is 1. The number of fused-ring (bicyclic) bond motifs is 1. The van der Waals surface area contributed by atoms with Crippen molar-refractivity contribution in [3.05, 3.63) is 64.1 Å².